The van der Waals surface area contributed by atoms with Crippen molar-refractivity contribution in [2.45, 2.75) is 57.2 Å². The minimum Gasteiger partial charge on any atom is -0.466 e. The SMILES string of the molecule is CCOC(=O)[C@H]1C2CCC(CC2)[C@@H]1Nc1nc(Cl)nc(C2(F)CC2)c1F. The molecule has 0 aromatic carbocycles. The molecule has 4 aliphatic carbocycles. The number of nitrogens with zero attached hydrogens (tertiary/aromatic N) is 2. The molecular formula is C18H22ClF2N3O2. The molecule has 5 nitrogen and oxygen atoms in total. The molecule has 0 amide bonds. The van der Waals surface area contributed by atoms with Crippen molar-refractivity contribution in [3.63, 3.8) is 0 Å². The van der Waals surface area contributed by atoms with Gasteiger partial charge in [0, 0.05) is 6.04 Å². The van der Waals surface area contributed by atoms with Gasteiger partial charge in [0.15, 0.2) is 17.3 Å². The van der Waals surface area contributed by atoms with Gasteiger partial charge >= 0.3 is 5.97 Å². The molecule has 0 spiro atoms. The number of ether oxygens (including phenoxy) is 1. The highest BCUT2D eigenvalue weighted by atomic mass is 35.5. The van der Waals surface area contributed by atoms with Gasteiger partial charge in [-0.1, -0.05) is 0 Å². The zero-order valence-corrected chi connectivity index (χ0v) is 15.4. The first kappa shape index (κ1) is 17.9. The van der Waals surface area contributed by atoms with E-state index in [2.05, 4.69) is 15.3 Å². The van der Waals surface area contributed by atoms with Crippen LogP contribution in [0.25, 0.3) is 0 Å². The summed E-state index contributed by atoms with van der Waals surface area (Å²) in [6, 6.07) is -0.287. The Kier molecular flexibility index (Phi) is 4.53. The van der Waals surface area contributed by atoms with E-state index in [-0.39, 0.29) is 59.4 Å². The van der Waals surface area contributed by atoms with Crippen molar-refractivity contribution in [2.24, 2.45) is 17.8 Å². The highest BCUT2D eigenvalue weighted by Gasteiger charge is 2.51. The predicted octanol–water partition coefficient (Wildman–Crippen LogP) is 4.01. The molecule has 5 rings (SSSR count). The zero-order chi connectivity index (χ0) is 18.5. The van der Waals surface area contributed by atoms with Gasteiger partial charge in [-0.25, -0.2) is 13.8 Å². The average Bonchev–Trinajstić information content (AvgIpc) is 3.37. The number of halogens is 3. The highest BCUT2D eigenvalue weighted by molar-refractivity contribution is 6.28. The lowest BCUT2D eigenvalue weighted by atomic mass is 9.61. The summed E-state index contributed by atoms with van der Waals surface area (Å²) in [5.74, 6) is -1.09. The van der Waals surface area contributed by atoms with Crippen LogP contribution in [-0.2, 0) is 15.2 Å². The van der Waals surface area contributed by atoms with Gasteiger partial charge in [0.2, 0.25) is 5.28 Å². The van der Waals surface area contributed by atoms with E-state index < -0.39 is 11.5 Å². The third-order valence-corrected chi connectivity index (χ3v) is 6.19. The second kappa shape index (κ2) is 6.59. The molecule has 0 unspecified atom stereocenters. The van der Waals surface area contributed by atoms with Gasteiger partial charge in [-0.05, 0) is 68.9 Å². The standard InChI is InChI=1S/C18H22ClF2N3O2/c1-2-26-16(25)11-9-3-5-10(6-4-9)13(11)22-15-12(20)14(18(21)7-8-18)23-17(19)24-15/h9-11,13H,2-8H2,1H3,(H,22,23,24)/t9?,10?,11-,13-/m0/s1. The van der Waals surface area contributed by atoms with Crippen molar-refractivity contribution >= 4 is 23.4 Å². The lowest BCUT2D eigenvalue weighted by Crippen LogP contribution is -2.52. The van der Waals surface area contributed by atoms with Crippen molar-refractivity contribution in [3.05, 3.63) is 16.8 Å². The Morgan fingerprint density at radius 3 is 2.54 bits per heavy atom. The molecule has 0 aliphatic heterocycles. The quantitative estimate of drug-likeness (QED) is 0.613. The van der Waals surface area contributed by atoms with Gasteiger partial charge in [-0.3, -0.25) is 4.79 Å². The van der Waals surface area contributed by atoms with E-state index in [0.717, 1.165) is 25.7 Å². The van der Waals surface area contributed by atoms with E-state index in [4.69, 9.17) is 16.3 Å². The molecule has 4 aliphatic rings. The van der Waals surface area contributed by atoms with E-state index in [1.54, 1.807) is 6.92 Å². The van der Waals surface area contributed by atoms with Crippen molar-refractivity contribution < 1.29 is 18.3 Å². The molecule has 26 heavy (non-hydrogen) atoms. The largest absolute Gasteiger partial charge is 0.466 e. The monoisotopic (exact) mass is 385 g/mol. The minimum absolute atomic E-state index is 0.115. The maximum atomic E-state index is 14.9. The van der Waals surface area contributed by atoms with Crippen LogP contribution in [-0.4, -0.2) is 28.6 Å². The van der Waals surface area contributed by atoms with Gasteiger partial charge in [-0.2, -0.15) is 4.98 Å². The molecule has 8 heteroatoms. The number of aromatic nitrogens is 2. The Bertz CT molecular complexity index is 721. The molecule has 1 N–H and O–H groups in total. The van der Waals surface area contributed by atoms with Gasteiger partial charge in [0.25, 0.3) is 0 Å². The first-order chi connectivity index (χ1) is 12.4. The minimum atomic E-state index is -1.75. The fourth-order valence-electron chi connectivity index (χ4n) is 4.55. The molecule has 1 heterocycles. The number of anilines is 1. The summed E-state index contributed by atoms with van der Waals surface area (Å²) in [5, 5.41) is 2.88. The summed E-state index contributed by atoms with van der Waals surface area (Å²) in [6.45, 7) is 2.08. The van der Waals surface area contributed by atoms with Crippen LogP contribution in [0.2, 0.25) is 5.28 Å². The number of alkyl halides is 1. The summed E-state index contributed by atoms with van der Waals surface area (Å²) in [6.07, 6.45) is 4.35. The highest BCUT2D eigenvalue weighted by Crippen LogP contribution is 2.51. The number of nitrogens with one attached hydrogen (secondary N) is 1. The van der Waals surface area contributed by atoms with E-state index in [9.17, 15) is 13.6 Å². The lowest BCUT2D eigenvalue weighted by Gasteiger charge is -2.47. The van der Waals surface area contributed by atoms with Gasteiger partial charge in [0.05, 0.1) is 12.5 Å². The van der Waals surface area contributed by atoms with Gasteiger partial charge in [0.1, 0.15) is 5.69 Å². The van der Waals surface area contributed by atoms with Crippen LogP contribution >= 0.6 is 11.6 Å². The van der Waals surface area contributed by atoms with Crippen molar-refractivity contribution in [3.8, 4) is 0 Å². The number of hydrogen-bond acceptors (Lipinski definition) is 5. The van der Waals surface area contributed by atoms with Crippen LogP contribution in [0.5, 0.6) is 0 Å². The maximum absolute atomic E-state index is 14.9. The molecular weight excluding hydrogens is 364 g/mol. The number of carbonyl (C=O) groups is 1. The Morgan fingerprint density at radius 1 is 1.27 bits per heavy atom. The van der Waals surface area contributed by atoms with Crippen LogP contribution in [0, 0.1) is 23.6 Å². The Labute approximate surface area is 155 Å². The van der Waals surface area contributed by atoms with Crippen molar-refractivity contribution in [1.82, 2.24) is 9.97 Å². The zero-order valence-electron chi connectivity index (χ0n) is 14.6. The second-order valence-corrected chi connectivity index (χ2v) is 7.93. The summed E-state index contributed by atoms with van der Waals surface area (Å²) >= 11 is 5.91. The molecule has 2 bridgehead atoms. The van der Waals surface area contributed by atoms with Crippen molar-refractivity contribution in [2.75, 3.05) is 11.9 Å². The lowest BCUT2D eigenvalue weighted by molar-refractivity contribution is -0.154. The van der Waals surface area contributed by atoms with Crippen LogP contribution < -0.4 is 5.32 Å². The average molecular weight is 386 g/mol. The van der Waals surface area contributed by atoms with Crippen LogP contribution in [0.15, 0.2) is 0 Å². The number of fused-ring (bicyclic) bond motifs is 3. The summed E-state index contributed by atoms with van der Waals surface area (Å²) in [5.41, 5.74) is -2.03. The Balaban J connectivity index is 1.65. The number of rotatable bonds is 5. The first-order valence-electron chi connectivity index (χ1n) is 9.28. The second-order valence-electron chi connectivity index (χ2n) is 7.59. The van der Waals surface area contributed by atoms with E-state index in [1.165, 1.54) is 0 Å². The van der Waals surface area contributed by atoms with E-state index >= 15 is 0 Å². The van der Waals surface area contributed by atoms with Gasteiger partial charge in [-0.15, -0.1) is 0 Å². The summed E-state index contributed by atoms with van der Waals surface area (Å²) in [7, 11) is 0. The molecule has 142 valence electrons. The Hall–Kier alpha value is -1.50. The van der Waals surface area contributed by atoms with Crippen LogP contribution in [0.3, 0.4) is 0 Å². The fourth-order valence-corrected chi connectivity index (χ4v) is 4.72. The van der Waals surface area contributed by atoms with Crippen LogP contribution in [0.1, 0.15) is 51.1 Å². The molecule has 1 aromatic heterocycles. The fraction of sp³-hybridized carbons (Fsp3) is 0.722. The number of carbonyl (C=O) groups excluding carboxylic acids is 1. The predicted molar refractivity (Wildman–Crippen MR) is 92.0 cm³/mol. The topological polar surface area (TPSA) is 64.1 Å². The Morgan fingerprint density at radius 2 is 1.92 bits per heavy atom. The molecule has 1 aromatic rings. The van der Waals surface area contributed by atoms with Crippen molar-refractivity contribution in [1.29, 1.82) is 0 Å². The maximum Gasteiger partial charge on any atom is 0.311 e. The van der Waals surface area contributed by atoms with Crippen LogP contribution in [0.4, 0.5) is 14.6 Å². The number of esters is 1. The molecule has 4 saturated carbocycles. The van der Waals surface area contributed by atoms with E-state index in [1.807, 2.05) is 0 Å². The number of hydrogen-bond donors (Lipinski definition) is 1. The first-order valence-corrected chi connectivity index (χ1v) is 9.66. The molecule has 0 saturated heterocycles. The third kappa shape index (κ3) is 3.04. The molecule has 0 radical (unpaired) electrons. The molecule has 4 fully saturated rings. The van der Waals surface area contributed by atoms with Gasteiger partial charge < -0.3 is 10.1 Å². The molecule has 2 atom stereocenters. The summed E-state index contributed by atoms with van der Waals surface area (Å²) < 4.78 is 34.5. The third-order valence-electron chi connectivity index (χ3n) is 6.02. The summed E-state index contributed by atoms with van der Waals surface area (Å²) in [4.78, 5) is 20.2. The smallest absolute Gasteiger partial charge is 0.311 e. The van der Waals surface area contributed by atoms with E-state index in [0.29, 0.717) is 6.61 Å². The normalized spacial score (nSPS) is 31.5.